The number of nitrogens with zero attached hydrogens (tertiary/aromatic N) is 2. The third kappa shape index (κ3) is 2.95. The van der Waals surface area contributed by atoms with Crippen molar-refractivity contribution in [2.24, 2.45) is 0 Å². The Balaban J connectivity index is 2.12. The van der Waals surface area contributed by atoms with Gasteiger partial charge in [-0.1, -0.05) is 0 Å². The summed E-state index contributed by atoms with van der Waals surface area (Å²) in [6.07, 6.45) is 3.31. The van der Waals surface area contributed by atoms with Crippen LogP contribution in [0.15, 0.2) is 36.7 Å². The van der Waals surface area contributed by atoms with Gasteiger partial charge in [-0.2, -0.15) is 0 Å². The molecule has 0 aliphatic heterocycles. The van der Waals surface area contributed by atoms with Gasteiger partial charge in [-0.25, -0.2) is 9.97 Å². The van der Waals surface area contributed by atoms with E-state index in [4.69, 9.17) is 9.47 Å². The summed E-state index contributed by atoms with van der Waals surface area (Å²) in [5.74, 6) is 1.84. The quantitative estimate of drug-likeness (QED) is 0.867. The molecule has 0 amide bonds. The number of aliphatic hydroxyl groups is 1. The zero-order valence-corrected chi connectivity index (χ0v) is 10.0. The van der Waals surface area contributed by atoms with Crippen LogP contribution in [-0.2, 0) is 13.2 Å². The fourth-order valence-electron chi connectivity index (χ4n) is 1.47. The molecule has 0 radical (unpaired) electrons. The minimum absolute atomic E-state index is 0.0883. The Hall–Kier alpha value is -2.14. The number of ether oxygens (including phenoxy) is 2. The van der Waals surface area contributed by atoms with Crippen LogP contribution >= 0.6 is 0 Å². The molecule has 1 aromatic carbocycles. The van der Waals surface area contributed by atoms with E-state index in [1.807, 2.05) is 0 Å². The van der Waals surface area contributed by atoms with Gasteiger partial charge in [0.2, 0.25) is 0 Å². The van der Waals surface area contributed by atoms with Crippen LogP contribution < -0.4 is 9.47 Å². The van der Waals surface area contributed by atoms with Gasteiger partial charge in [0.15, 0.2) is 5.82 Å². The van der Waals surface area contributed by atoms with Crippen molar-refractivity contribution in [3.8, 4) is 11.5 Å². The van der Waals surface area contributed by atoms with Crippen molar-refractivity contribution in [1.29, 1.82) is 0 Å². The van der Waals surface area contributed by atoms with Crippen LogP contribution in [0.2, 0.25) is 0 Å². The maximum absolute atomic E-state index is 9.23. The first-order valence-electron chi connectivity index (χ1n) is 5.50. The Morgan fingerprint density at radius 1 is 1.22 bits per heavy atom. The van der Waals surface area contributed by atoms with E-state index in [1.165, 1.54) is 0 Å². The second kappa shape index (κ2) is 5.97. The van der Waals surface area contributed by atoms with Crippen molar-refractivity contribution in [1.82, 2.24) is 9.97 Å². The monoisotopic (exact) mass is 246 g/mol. The molecule has 0 bridgehead atoms. The molecule has 0 saturated carbocycles. The van der Waals surface area contributed by atoms with E-state index in [-0.39, 0.29) is 13.2 Å². The summed E-state index contributed by atoms with van der Waals surface area (Å²) in [5.41, 5.74) is 0.701. The van der Waals surface area contributed by atoms with Gasteiger partial charge in [0.1, 0.15) is 18.1 Å². The zero-order chi connectivity index (χ0) is 12.8. The van der Waals surface area contributed by atoms with Crippen LogP contribution in [0.4, 0.5) is 0 Å². The number of methoxy groups -OCH3 is 1. The van der Waals surface area contributed by atoms with Gasteiger partial charge in [0.25, 0.3) is 0 Å². The lowest BCUT2D eigenvalue weighted by Crippen LogP contribution is -2.02. The molecule has 1 aromatic heterocycles. The minimum atomic E-state index is -0.0883. The number of rotatable bonds is 5. The van der Waals surface area contributed by atoms with Gasteiger partial charge in [-0.05, 0) is 18.2 Å². The molecule has 0 unspecified atom stereocenters. The van der Waals surface area contributed by atoms with E-state index in [1.54, 1.807) is 43.8 Å². The average Bonchev–Trinajstić information content (AvgIpc) is 2.45. The number of aliphatic hydroxyl groups excluding tert-OH is 1. The molecule has 18 heavy (non-hydrogen) atoms. The summed E-state index contributed by atoms with van der Waals surface area (Å²) in [4.78, 5) is 8.12. The van der Waals surface area contributed by atoms with Crippen molar-refractivity contribution < 1.29 is 14.6 Å². The van der Waals surface area contributed by atoms with Crippen LogP contribution in [0.5, 0.6) is 11.5 Å². The van der Waals surface area contributed by atoms with Crippen molar-refractivity contribution >= 4 is 0 Å². The number of hydrogen-bond acceptors (Lipinski definition) is 5. The molecule has 0 fully saturated rings. The summed E-state index contributed by atoms with van der Waals surface area (Å²) >= 11 is 0. The molecule has 0 aliphatic carbocycles. The standard InChI is InChI=1S/C13H14N2O3/c1-17-11-4-3-10(8-16)12(7-11)18-9-13-14-5-2-6-15-13/h2-7,16H,8-9H2,1H3. The van der Waals surface area contributed by atoms with Gasteiger partial charge in [-0.3, -0.25) is 0 Å². The number of benzene rings is 1. The van der Waals surface area contributed by atoms with Gasteiger partial charge in [-0.15, -0.1) is 0 Å². The summed E-state index contributed by atoms with van der Waals surface area (Å²) in [7, 11) is 1.58. The van der Waals surface area contributed by atoms with Crippen molar-refractivity contribution in [2.75, 3.05) is 7.11 Å². The van der Waals surface area contributed by atoms with Gasteiger partial charge in [0.05, 0.1) is 13.7 Å². The van der Waals surface area contributed by atoms with E-state index >= 15 is 0 Å². The molecule has 0 spiro atoms. The Kier molecular flexibility index (Phi) is 4.09. The van der Waals surface area contributed by atoms with Gasteiger partial charge in [0, 0.05) is 24.0 Å². The highest BCUT2D eigenvalue weighted by Crippen LogP contribution is 2.25. The highest BCUT2D eigenvalue weighted by Gasteiger charge is 2.06. The number of aromatic nitrogens is 2. The summed E-state index contributed by atoms with van der Waals surface area (Å²) in [6, 6.07) is 7.01. The van der Waals surface area contributed by atoms with Crippen LogP contribution in [0.3, 0.4) is 0 Å². The van der Waals surface area contributed by atoms with Gasteiger partial charge >= 0.3 is 0 Å². The fourth-order valence-corrected chi connectivity index (χ4v) is 1.47. The smallest absolute Gasteiger partial charge is 0.166 e. The normalized spacial score (nSPS) is 10.1. The van der Waals surface area contributed by atoms with Crippen molar-refractivity contribution in [3.63, 3.8) is 0 Å². The third-order valence-corrected chi connectivity index (χ3v) is 2.42. The van der Waals surface area contributed by atoms with E-state index in [0.717, 1.165) is 0 Å². The lowest BCUT2D eigenvalue weighted by Gasteiger charge is -2.10. The topological polar surface area (TPSA) is 64.5 Å². The number of hydrogen-bond donors (Lipinski definition) is 1. The van der Waals surface area contributed by atoms with E-state index in [9.17, 15) is 5.11 Å². The first-order chi connectivity index (χ1) is 8.83. The molecule has 0 atom stereocenters. The van der Waals surface area contributed by atoms with Crippen molar-refractivity contribution in [2.45, 2.75) is 13.2 Å². The Morgan fingerprint density at radius 3 is 2.67 bits per heavy atom. The van der Waals surface area contributed by atoms with Crippen LogP contribution in [-0.4, -0.2) is 22.2 Å². The summed E-state index contributed by atoms with van der Waals surface area (Å²) in [5, 5.41) is 9.23. The molecule has 2 rings (SSSR count). The zero-order valence-electron chi connectivity index (χ0n) is 10.0. The molecule has 1 N–H and O–H groups in total. The molecule has 0 aliphatic rings. The first-order valence-corrected chi connectivity index (χ1v) is 5.50. The molecule has 2 aromatic rings. The third-order valence-electron chi connectivity index (χ3n) is 2.42. The molecule has 5 nitrogen and oxygen atoms in total. The summed E-state index contributed by atoms with van der Waals surface area (Å²) in [6.45, 7) is 0.163. The lowest BCUT2D eigenvalue weighted by atomic mass is 10.2. The molecule has 5 heteroatoms. The van der Waals surface area contributed by atoms with Crippen molar-refractivity contribution in [3.05, 3.63) is 48.0 Å². The Bertz CT molecular complexity index is 503. The van der Waals surface area contributed by atoms with E-state index in [2.05, 4.69) is 9.97 Å². The van der Waals surface area contributed by atoms with Crippen LogP contribution in [0, 0.1) is 0 Å². The van der Waals surface area contributed by atoms with Gasteiger partial charge < -0.3 is 14.6 Å². The predicted molar refractivity (Wildman–Crippen MR) is 65.3 cm³/mol. The maximum atomic E-state index is 9.23. The Morgan fingerprint density at radius 2 is 2.00 bits per heavy atom. The van der Waals surface area contributed by atoms with E-state index < -0.39 is 0 Å². The molecular formula is C13H14N2O3. The fraction of sp³-hybridized carbons (Fsp3) is 0.231. The van der Waals surface area contributed by atoms with Crippen LogP contribution in [0.1, 0.15) is 11.4 Å². The largest absolute Gasteiger partial charge is 0.497 e. The predicted octanol–water partition coefficient (Wildman–Crippen LogP) is 1.56. The molecule has 1 heterocycles. The Labute approximate surface area is 105 Å². The second-order valence-corrected chi connectivity index (χ2v) is 3.59. The maximum Gasteiger partial charge on any atom is 0.166 e. The highest BCUT2D eigenvalue weighted by molar-refractivity contribution is 5.40. The second-order valence-electron chi connectivity index (χ2n) is 3.59. The summed E-state index contributed by atoms with van der Waals surface area (Å²) < 4.78 is 10.7. The molecular weight excluding hydrogens is 232 g/mol. The lowest BCUT2D eigenvalue weighted by molar-refractivity contribution is 0.254. The molecule has 0 saturated heterocycles. The highest BCUT2D eigenvalue weighted by atomic mass is 16.5. The average molecular weight is 246 g/mol. The minimum Gasteiger partial charge on any atom is -0.497 e. The SMILES string of the molecule is COc1ccc(CO)c(OCc2ncccn2)c1. The van der Waals surface area contributed by atoms with E-state index in [0.29, 0.717) is 22.9 Å². The van der Waals surface area contributed by atoms with Crippen LogP contribution in [0.25, 0.3) is 0 Å². The first kappa shape index (κ1) is 12.3. The molecule has 94 valence electrons.